The number of anilines is 1. The van der Waals surface area contributed by atoms with Crippen molar-refractivity contribution < 1.29 is 4.42 Å². The Morgan fingerprint density at radius 1 is 1.32 bits per heavy atom. The number of nitrogens with zero attached hydrogens (tertiary/aromatic N) is 2. The summed E-state index contributed by atoms with van der Waals surface area (Å²) >= 11 is 5.87. The van der Waals surface area contributed by atoms with E-state index in [0.29, 0.717) is 6.01 Å². The van der Waals surface area contributed by atoms with Gasteiger partial charge in [0, 0.05) is 25.2 Å². The fraction of sp³-hybridized carbons (Fsp3) is 0.357. The summed E-state index contributed by atoms with van der Waals surface area (Å²) in [7, 11) is 1.96. The number of halogens is 1. The number of nitrogens with one attached hydrogen (secondary N) is 1. The van der Waals surface area contributed by atoms with Crippen LogP contribution in [0.3, 0.4) is 0 Å². The van der Waals surface area contributed by atoms with E-state index in [1.165, 1.54) is 5.56 Å². The van der Waals surface area contributed by atoms with Crippen LogP contribution < -0.4 is 10.2 Å². The quantitative estimate of drug-likeness (QED) is 0.882. The molecule has 0 amide bonds. The van der Waals surface area contributed by atoms with Crippen LogP contribution in [-0.2, 0) is 13.1 Å². The summed E-state index contributed by atoms with van der Waals surface area (Å²) in [5, 5.41) is 3.96. The first kappa shape index (κ1) is 13.9. The van der Waals surface area contributed by atoms with Gasteiger partial charge in [-0.25, -0.2) is 0 Å². The molecule has 0 atom stereocenters. The third-order valence-corrected chi connectivity index (χ3v) is 3.01. The normalized spacial score (nSPS) is 10.7. The molecule has 1 heterocycles. The fourth-order valence-corrected chi connectivity index (χ4v) is 1.86. The van der Waals surface area contributed by atoms with Gasteiger partial charge in [0.1, 0.15) is 6.26 Å². The van der Waals surface area contributed by atoms with E-state index in [1.807, 2.05) is 36.2 Å². The molecule has 0 aliphatic heterocycles. The first-order valence-electron chi connectivity index (χ1n) is 6.29. The van der Waals surface area contributed by atoms with E-state index in [2.05, 4.69) is 17.2 Å². The summed E-state index contributed by atoms with van der Waals surface area (Å²) in [5.74, 6) is 0. The lowest BCUT2D eigenvalue weighted by Gasteiger charge is -2.14. The summed E-state index contributed by atoms with van der Waals surface area (Å²) in [6, 6.07) is 8.40. The van der Waals surface area contributed by atoms with Crippen molar-refractivity contribution in [3.8, 4) is 0 Å². The smallest absolute Gasteiger partial charge is 0.297 e. The molecule has 0 aliphatic carbocycles. The van der Waals surface area contributed by atoms with Gasteiger partial charge in [-0.1, -0.05) is 30.7 Å². The van der Waals surface area contributed by atoms with Gasteiger partial charge < -0.3 is 14.6 Å². The highest BCUT2D eigenvalue weighted by Gasteiger charge is 2.09. The molecule has 0 bridgehead atoms. The van der Waals surface area contributed by atoms with Gasteiger partial charge >= 0.3 is 0 Å². The van der Waals surface area contributed by atoms with Gasteiger partial charge in [0.2, 0.25) is 0 Å². The molecule has 0 aliphatic rings. The molecule has 1 aromatic heterocycles. The Hall–Kier alpha value is -1.52. The van der Waals surface area contributed by atoms with Crippen LogP contribution in [0, 0.1) is 0 Å². The van der Waals surface area contributed by atoms with Gasteiger partial charge in [-0.05, 0) is 24.2 Å². The predicted octanol–water partition coefficient (Wildman–Crippen LogP) is 3.07. The molecular weight excluding hydrogens is 262 g/mol. The second-order valence-corrected chi connectivity index (χ2v) is 4.82. The standard InChI is InChI=1S/C14H18ClN3O/c1-3-16-8-13-10-19-14(17-13)18(2)9-11-4-6-12(15)7-5-11/h4-7,10,16H,3,8-9H2,1-2H3. The summed E-state index contributed by atoms with van der Waals surface area (Å²) in [6.45, 7) is 4.45. The second-order valence-electron chi connectivity index (χ2n) is 4.38. The molecule has 0 saturated carbocycles. The maximum Gasteiger partial charge on any atom is 0.297 e. The van der Waals surface area contributed by atoms with Crippen molar-refractivity contribution in [1.82, 2.24) is 10.3 Å². The molecule has 1 aromatic carbocycles. The Labute approximate surface area is 118 Å². The van der Waals surface area contributed by atoms with E-state index >= 15 is 0 Å². The molecular formula is C14H18ClN3O. The van der Waals surface area contributed by atoms with Crippen molar-refractivity contribution in [2.75, 3.05) is 18.5 Å². The van der Waals surface area contributed by atoms with Crippen molar-refractivity contribution in [3.05, 3.63) is 46.8 Å². The minimum atomic E-state index is 0.628. The maximum atomic E-state index is 5.87. The molecule has 0 fully saturated rings. The molecule has 0 unspecified atom stereocenters. The van der Waals surface area contributed by atoms with Crippen LogP contribution in [0.2, 0.25) is 5.02 Å². The third kappa shape index (κ3) is 3.98. The van der Waals surface area contributed by atoms with Crippen molar-refractivity contribution >= 4 is 17.6 Å². The molecule has 0 saturated heterocycles. The molecule has 0 radical (unpaired) electrons. The van der Waals surface area contributed by atoms with Gasteiger partial charge in [0.25, 0.3) is 6.01 Å². The lowest BCUT2D eigenvalue weighted by molar-refractivity contribution is 0.543. The molecule has 102 valence electrons. The van der Waals surface area contributed by atoms with Crippen LogP contribution in [0.1, 0.15) is 18.2 Å². The summed E-state index contributed by atoms with van der Waals surface area (Å²) < 4.78 is 5.47. The van der Waals surface area contributed by atoms with Crippen molar-refractivity contribution in [2.24, 2.45) is 0 Å². The minimum Gasteiger partial charge on any atom is -0.432 e. The molecule has 2 aromatic rings. The Kier molecular flexibility index (Phi) is 4.82. The van der Waals surface area contributed by atoms with Crippen molar-refractivity contribution in [3.63, 3.8) is 0 Å². The molecule has 1 N–H and O–H groups in total. The lowest BCUT2D eigenvalue weighted by atomic mass is 10.2. The number of aromatic nitrogens is 1. The molecule has 2 rings (SSSR count). The largest absolute Gasteiger partial charge is 0.432 e. The number of hydrogen-bond donors (Lipinski definition) is 1. The van der Waals surface area contributed by atoms with E-state index in [9.17, 15) is 0 Å². The van der Waals surface area contributed by atoms with Gasteiger partial charge in [0.15, 0.2) is 0 Å². The summed E-state index contributed by atoms with van der Waals surface area (Å²) in [4.78, 5) is 6.40. The summed E-state index contributed by atoms with van der Waals surface area (Å²) in [6.07, 6.45) is 1.69. The van der Waals surface area contributed by atoms with E-state index in [0.717, 1.165) is 30.4 Å². The van der Waals surface area contributed by atoms with Crippen LogP contribution in [0.4, 0.5) is 6.01 Å². The Morgan fingerprint density at radius 2 is 2.05 bits per heavy atom. The highest BCUT2D eigenvalue weighted by molar-refractivity contribution is 6.30. The van der Waals surface area contributed by atoms with E-state index < -0.39 is 0 Å². The Morgan fingerprint density at radius 3 is 2.74 bits per heavy atom. The average Bonchev–Trinajstić information content (AvgIpc) is 2.88. The SMILES string of the molecule is CCNCc1coc(N(C)Cc2ccc(Cl)cc2)n1. The Bertz CT molecular complexity index is 510. The van der Waals surface area contributed by atoms with Crippen molar-refractivity contribution in [1.29, 1.82) is 0 Å². The van der Waals surface area contributed by atoms with E-state index in [1.54, 1.807) is 6.26 Å². The van der Waals surface area contributed by atoms with Crippen LogP contribution in [0.25, 0.3) is 0 Å². The van der Waals surface area contributed by atoms with E-state index in [-0.39, 0.29) is 0 Å². The molecule has 5 heteroatoms. The molecule has 4 nitrogen and oxygen atoms in total. The van der Waals surface area contributed by atoms with Gasteiger partial charge in [-0.2, -0.15) is 4.98 Å². The predicted molar refractivity (Wildman–Crippen MR) is 77.4 cm³/mol. The first-order chi connectivity index (χ1) is 9.19. The number of hydrogen-bond acceptors (Lipinski definition) is 4. The topological polar surface area (TPSA) is 41.3 Å². The minimum absolute atomic E-state index is 0.628. The van der Waals surface area contributed by atoms with Gasteiger partial charge in [-0.3, -0.25) is 0 Å². The van der Waals surface area contributed by atoms with E-state index in [4.69, 9.17) is 16.0 Å². The average molecular weight is 280 g/mol. The zero-order valence-electron chi connectivity index (χ0n) is 11.2. The zero-order chi connectivity index (χ0) is 13.7. The highest BCUT2D eigenvalue weighted by Crippen LogP contribution is 2.16. The highest BCUT2D eigenvalue weighted by atomic mass is 35.5. The van der Waals surface area contributed by atoms with Crippen LogP contribution in [0.15, 0.2) is 34.9 Å². The van der Waals surface area contributed by atoms with Crippen LogP contribution in [0.5, 0.6) is 0 Å². The third-order valence-electron chi connectivity index (χ3n) is 2.76. The first-order valence-corrected chi connectivity index (χ1v) is 6.67. The fourth-order valence-electron chi connectivity index (χ4n) is 1.74. The number of oxazole rings is 1. The van der Waals surface area contributed by atoms with Crippen LogP contribution >= 0.6 is 11.6 Å². The number of benzene rings is 1. The van der Waals surface area contributed by atoms with Gasteiger partial charge in [0.05, 0.1) is 5.69 Å². The molecule has 19 heavy (non-hydrogen) atoms. The van der Waals surface area contributed by atoms with Gasteiger partial charge in [-0.15, -0.1) is 0 Å². The van der Waals surface area contributed by atoms with Crippen molar-refractivity contribution in [2.45, 2.75) is 20.0 Å². The maximum absolute atomic E-state index is 5.87. The van der Waals surface area contributed by atoms with Crippen LogP contribution in [-0.4, -0.2) is 18.6 Å². The lowest BCUT2D eigenvalue weighted by Crippen LogP contribution is -2.17. The molecule has 0 spiro atoms. The second kappa shape index (κ2) is 6.59. The monoisotopic (exact) mass is 279 g/mol. The summed E-state index contributed by atoms with van der Waals surface area (Å²) in [5.41, 5.74) is 2.08. The Balaban J connectivity index is 1.97. The number of rotatable bonds is 6. The zero-order valence-corrected chi connectivity index (χ0v) is 11.9.